The van der Waals surface area contributed by atoms with Gasteiger partial charge in [0.15, 0.2) is 0 Å². The standard InChI is InChI=1S/C47H29N5/c1-4-16-30(17-5-1)43-37-26-14-15-27-38(37)49-47(50-43)52-40-29-28-39-45(51(32-20-8-3-9-21-32)46(48-39)31-18-6-2-7-19-31)42(40)41-35-24-12-10-22-33(35)34-23-11-13-25-36(34)44(41)52/h1-29H. The fourth-order valence-electron chi connectivity index (χ4n) is 8.11. The number of benzene rings is 8. The summed E-state index contributed by atoms with van der Waals surface area (Å²) < 4.78 is 4.62. The highest BCUT2D eigenvalue weighted by atomic mass is 15.2. The Morgan fingerprint density at radius 1 is 0.346 bits per heavy atom. The predicted octanol–water partition coefficient (Wildman–Crippen LogP) is 11.7. The van der Waals surface area contributed by atoms with Crippen LogP contribution in [0.25, 0.3) is 99.6 Å². The topological polar surface area (TPSA) is 48.5 Å². The first kappa shape index (κ1) is 28.7. The molecule has 0 radical (unpaired) electrons. The Morgan fingerprint density at radius 3 is 1.65 bits per heavy atom. The van der Waals surface area contributed by atoms with Crippen LogP contribution in [0.5, 0.6) is 0 Å². The summed E-state index contributed by atoms with van der Waals surface area (Å²) in [6, 6.07) is 61.7. The van der Waals surface area contributed by atoms with Gasteiger partial charge in [0.1, 0.15) is 5.82 Å². The maximum atomic E-state index is 5.44. The molecule has 0 aliphatic heterocycles. The van der Waals surface area contributed by atoms with Crippen LogP contribution < -0.4 is 0 Å². The molecule has 52 heavy (non-hydrogen) atoms. The van der Waals surface area contributed by atoms with Crippen LogP contribution in [-0.4, -0.2) is 24.1 Å². The summed E-state index contributed by atoms with van der Waals surface area (Å²) >= 11 is 0. The lowest BCUT2D eigenvalue weighted by atomic mass is 9.96. The molecular weight excluding hydrogens is 635 g/mol. The van der Waals surface area contributed by atoms with Crippen LogP contribution in [0, 0.1) is 0 Å². The van der Waals surface area contributed by atoms with Crippen LogP contribution in [0.3, 0.4) is 0 Å². The smallest absolute Gasteiger partial charge is 0.235 e. The van der Waals surface area contributed by atoms with E-state index in [0.29, 0.717) is 5.95 Å². The minimum absolute atomic E-state index is 0.631. The quantitative estimate of drug-likeness (QED) is 0.176. The van der Waals surface area contributed by atoms with E-state index in [2.05, 4.69) is 179 Å². The van der Waals surface area contributed by atoms with Gasteiger partial charge >= 0.3 is 0 Å². The molecule has 3 aromatic heterocycles. The third-order valence-electron chi connectivity index (χ3n) is 10.3. The van der Waals surface area contributed by atoms with Crippen molar-refractivity contribution in [1.29, 1.82) is 0 Å². The van der Waals surface area contributed by atoms with E-state index in [1.54, 1.807) is 0 Å². The summed E-state index contributed by atoms with van der Waals surface area (Å²) in [5.41, 5.74) is 9.04. The van der Waals surface area contributed by atoms with Crippen molar-refractivity contribution in [3.8, 4) is 34.3 Å². The third-order valence-corrected chi connectivity index (χ3v) is 10.3. The van der Waals surface area contributed by atoms with Gasteiger partial charge in [-0.2, -0.15) is 0 Å². The molecule has 0 amide bonds. The van der Waals surface area contributed by atoms with Crippen molar-refractivity contribution in [2.24, 2.45) is 0 Å². The highest BCUT2D eigenvalue weighted by Gasteiger charge is 2.26. The molecule has 5 heteroatoms. The lowest BCUT2D eigenvalue weighted by Gasteiger charge is -2.13. The monoisotopic (exact) mass is 663 g/mol. The first-order valence-corrected chi connectivity index (χ1v) is 17.6. The van der Waals surface area contributed by atoms with Crippen molar-refractivity contribution >= 4 is 65.3 Å². The molecule has 0 aliphatic carbocycles. The van der Waals surface area contributed by atoms with E-state index in [9.17, 15) is 0 Å². The first-order chi connectivity index (χ1) is 25.8. The fourth-order valence-corrected chi connectivity index (χ4v) is 8.11. The van der Waals surface area contributed by atoms with Gasteiger partial charge in [-0.1, -0.05) is 146 Å². The Bertz CT molecular complexity index is 3160. The minimum atomic E-state index is 0.631. The van der Waals surface area contributed by atoms with E-state index in [-0.39, 0.29) is 0 Å². The summed E-state index contributed by atoms with van der Waals surface area (Å²) in [5.74, 6) is 1.53. The molecule has 0 aliphatic rings. The summed E-state index contributed by atoms with van der Waals surface area (Å²) in [4.78, 5) is 16.1. The Kier molecular flexibility index (Phi) is 6.18. The number of aromatic nitrogens is 5. The van der Waals surface area contributed by atoms with Gasteiger partial charge in [0, 0.05) is 38.4 Å². The van der Waals surface area contributed by atoms with E-state index in [1.807, 2.05) is 6.07 Å². The molecule has 11 rings (SSSR count). The lowest BCUT2D eigenvalue weighted by molar-refractivity contribution is 1.02. The van der Waals surface area contributed by atoms with Crippen molar-refractivity contribution in [3.63, 3.8) is 0 Å². The second-order valence-corrected chi connectivity index (χ2v) is 13.2. The van der Waals surface area contributed by atoms with Crippen molar-refractivity contribution < 1.29 is 0 Å². The molecule has 8 aromatic carbocycles. The molecule has 242 valence electrons. The zero-order chi connectivity index (χ0) is 34.2. The molecule has 0 bridgehead atoms. The normalized spacial score (nSPS) is 11.8. The van der Waals surface area contributed by atoms with Gasteiger partial charge in [0.2, 0.25) is 5.95 Å². The molecule has 0 unspecified atom stereocenters. The van der Waals surface area contributed by atoms with E-state index >= 15 is 0 Å². The minimum Gasteiger partial charge on any atom is -0.292 e. The molecule has 0 saturated heterocycles. The van der Waals surface area contributed by atoms with E-state index in [1.165, 1.54) is 16.2 Å². The Balaban J connectivity index is 1.40. The molecule has 11 aromatic rings. The van der Waals surface area contributed by atoms with Crippen LogP contribution in [0.2, 0.25) is 0 Å². The summed E-state index contributed by atoms with van der Waals surface area (Å²) in [6.07, 6.45) is 0. The summed E-state index contributed by atoms with van der Waals surface area (Å²) in [5, 5.41) is 8.02. The van der Waals surface area contributed by atoms with Gasteiger partial charge < -0.3 is 0 Å². The molecule has 0 N–H and O–H groups in total. The Morgan fingerprint density at radius 2 is 0.923 bits per heavy atom. The van der Waals surface area contributed by atoms with Crippen LogP contribution in [0.1, 0.15) is 0 Å². The van der Waals surface area contributed by atoms with Crippen LogP contribution >= 0.6 is 0 Å². The van der Waals surface area contributed by atoms with Crippen LogP contribution in [0.15, 0.2) is 176 Å². The number of imidazole rings is 1. The van der Waals surface area contributed by atoms with Gasteiger partial charge in [0.25, 0.3) is 0 Å². The molecular formula is C47H29N5. The number of hydrogen-bond acceptors (Lipinski definition) is 3. The molecule has 0 fully saturated rings. The number of nitrogens with zero attached hydrogens (tertiary/aromatic N) is 5. The van der Waals surface area contributed by atoms with E-state index < -0.39 is 0 Å². The van der Waals surface area contributed by atoms with Crippen molar-refractivity contribution in [3.05, 3.63) is 176 Å². The maximum absolute atomic E-state index is 5.44. The maximum Gasteiger partial charge on any atom is 0.235 e. The molecule has 0 atom stereocenters. The highest BCUT2D eigenvalue weighted by molar-refractivity contribution is 6.35. The number of para-hydroxylation sites is 2. The predicted molar refractivity (Wildman–Crippen MR) is 214 cm³/mol. The molecule has 0 spiro atoms. The molecule has 0 saturated carbocycles. The average Bonchev–Trinajstić information content (AvgIpc) is 3.79. The first-order valence-electron chi connectivity index (χ1n) is 17.6. The second-order valence-electron chi connectivity index (χ2n) is 13.2. The van der Waals surface area contributed by atoms with Crippen LogP contribution in [0.4, 0.5) is 0 Å². The number of fused-ring (bicyclic) bond motifs is 11. The Hall–Kier alpha value is -7.11. The summed E-state index contributed by atoms with van der Waals surface area (Å²) in [7, 11) is 0. The zero-order valence-electron chi connectivity index (χ0n) is 28.0. The summed E-state index contributed by atoms with van der Waals surface area (Å²) in [6.45, 7) is 0. The van der Waals surface area contributed by atoms with Crippen molar-refractivity contribution in [2.75, 3.05) is 0 Å². The largest absolute Gasteiger partial charge is 0.292 e. The second kappa shape index (κ2) is 11.2. The third kappa shape index (κ3) is 4.14. The van der Waals surface area contributed by atoms with E-state index in [4.69, 9.17) is 15.0 Å². The van der Waals surface area contributed by atoms with Gasteiger partial charge in [-0.3, -0.25) is 9.13 Å². The van der Waals surface area contributed by atoms with Gasteiger partial charge in [0.05, 0.1) is 33.3 Å². The van der Waals surface area contributed by atoms with Gasteiger partial charge in [-0.05, 0) is 46.5 Å². The number of hydrogen-bond donors (Lipinski definition) is 0. The molecule has 3 heterocycles. The lowest BCUT2D eigenvalue weighted by Crippen LogP contribution is -2.04. The van der Waals surface area contributed by atoms with Crippen LogP contribution in [-0.2, 0) is 0 Å². The van der Waals surface area contributed by atoms with Gasteiger partial charge in [-0.25, -0.2) is 15.0 Å². The van der Waals surface area contributed by atoms with E-state index in [0.717, 1.165) is 77.5 Å². The van der Waals surface area contributed by atoms with Crippen molar-refractivity contribution in [1.82, 2.24) is 24.1 Å². The highest BCUT2D eigenvalue weighted by Crippen LogP contribution is 2.46. The van der Waals surface area contributed by atoms with Crippen molar-refractivity contribution in [2.45, 2.75) is 0 Å². The zero-order valence-corrected chi connectivity index (χ0v) is 28.0. The fraction of sp³-hybridized carbons (Fsp3) is 0. The molecule has 5 nitrogen and oxygen atoms in total. The van der Waals surface area contributed by atoms with Gasteiger partial charge in [-0.15, -0.1) is 0 Å². The SMILES string of the molecule is c1ccc(-c2nc(-n3c4ccc5nc(-c6ccccc6)n(-c6ccccc6)c5c4c4c5ccccc5c5ccccc5c43)nc3ccccc23)cc1. The number of rotatable bonds is 4. The average molecular weight is 664 g/mol. The Labute approximate surface area is 298 Å².